The van der Waals surface area contributed by atoms with Gasteiger partial charge in [0.05, 0.1) is 0 Å². The first-order valence-corrected chi connectivity index (χ1v) is 6.38. The zero-order valence-electron chi connectivity index (χ0n) is 11.6. The Labute approximate surface area is 113 Å². The highest BCUT2D eigenvalue weighted by Crippen LogP contribution is 2.09. The van der Waals surface area contributed by atoms with Crippen LogP contribution >= 0.6 is 0 Å². The fraction of sp³-hybridized carbons (Fsp3) is 0.429. The van der Waals surface area contributed by atoms with E-state index < -0.39 is 0 Å². The van der Waals surface area contributed by atoms with Crippen LogP contribution in [0.4, 0.5) is 0 Å². The SMILES string of the molecule is CCC(C)C(C)NC(=O)c1ccc(C(N)=NO)cc1. The van der Waals surface area contributed by atoms with E-state index in [9.17, 15) is 4.79 Å². The van der Waals surface area contributed by atoms with Gasteiger partial charge in [-0.1, -0.05) is 37.6 Å². The quantitative estimate of drug-likeness (QED) is 0.328. The van der Waals surface area contributed by atoms with Crippen molar-refractivity contribution < 1.29 is 10.0 Å². The summed E-state index contributed by atoms with van der Waals surface area (Å²) in [5.41, 5.74) is 6.60. The predicted octanol–water partition coefficient (Wildman–Crippen LogP) is 1.95. The Balaban J connectivity index is 2.73. The summed E-state index contributed by atoms with van der Waals surface area (Å²) in [6.45, 7) is 6.20. The van der Waals surface area contributed by atoms with Gasteiger partial charge in [-0.3, -0.25) is 4.79 Å². The molecule has 0 aliphatic carbocycles. The van der Waals surface area contributed by atoms with Crippen LogP contribution in [0, 0.1) is 5.92 Å². The number of nitrogens with zero attached hydrogens (tertiary/aromatic N) is 1. The first-order valence-electron chi connectivity index (χ1n) is 6.38. The predicted molar refractivity (Wildman–Crippen MR) is 75.3 cm³/mol. The number of carbonyl (C=O) groups excluding carboxylic acids is 1. The maximum atomic E-state index is 12.0. The van der Waals surface area contributed by atoms with Crippen molar-refractivity contribution in [2.24, 2.45) is 16.8 Å². The topological polar surface area (TPSA) is 87.7 Å². The summed E-state index contributed by atoms with van der Waals surface area (Å²) in [7, 11) is 0. The fourth-order valence-electron chi connectivity index (χ4n) is 1.64. The highest BCUT2D eigenvalue weighted by atomic mass is 16.4. The summed E-state index contributed by atoms with van der Waals surface area (Å²) in [6, 6.07) is 6.75. The van der Waals surface area contributed by atoms with Crippen LogP contribution in [0.5, 0.6) is 0 Å². The maximum absolute atomic E-state index is 12.0. The molecule has 0 aromatic heterocycles. The van der Waals surface area contributed by atoms with Gasteiger partial charge in [0.15, 0.2) is 5.84 Å². The molecule has 0 heterocycles. The summed E-state index contributed by atoms with van der Waals surface area (Å²) in [6.07, 6.45) is 1.02. The summed E-state index contributed by atoms with van der Waals surface area (Å²) >= 11 is 0. The molecule has 104 valence electrons. The molecule has 0 bridgehead atoms. The van der Waals surface area contributed by atoms with E-state index >= 15 is 0 Å². The Morgan fingerprint density at radius 2 is 1.84 bits per heavy atom. The average Bonchev–Trinajstić information content (AvgIpc) is 2.45. The average molecular weight is 263 g/mol. The first-order chi connectivity index (χ1) is 8.99. The molecule has 1 amide bonds. The molecule has 0 fully saturated rings. The normalized spacial score (nSPS) is 14.8. The van der Waals surface area contributed by atoms with Gasteiger partial charge in [0.2, 0.25) is 0 Å². The van der Waals surface area contributed by atoms with Crippen LogP contribution in [-0.4, -0.2) is 23.0 Å². The number of nitrogens with one attached hydrogen (secondary N) is 1. The number of rotatable bonds is 5. The minimum Gasteiger partial charge on any atom is -0.409 e. The number of oxime groups is 1. The van der Waals surface area contributed by atoms with Crippen LogP contribution in [0.1, 0.15) is 43.1 Å². The molecule has 0 saturated carbocycles. The number of carbonyl (C=O) groups is 1. The fourth-order valence-corrected chi connectivity index (χ4v) is 1.64. The third-order valence-corrected chi connectivity index (χ3v) is 3.41. The van der Waals surface area contributed by atoms with E-state index in [4.69, 9.17) is 10.9 Å². The largest absolute Gasteiger partial charge is 0.409 e. The second-order valence-electron chi connectivity index (χ2n) is 4.71. The van der Waals surface area contributed by atoms with Gasteiger partial charge < -0.3 is 16.3 Å². The molecule has 2 atom stereocenters. The van der Waals surface area contributed by atoms with Crippen molar-refractivity contribution in [3.05, 3.63) is 35.4 Å². The number of amides is 1. The van der Waals surface area contributed by atoms with Crippen LogP contribution < -0.4 is 11.1 Å². The molecule has 0 aliphatic rings. The highest BCUT2D eigenvalue weighted by Gasteiger charge is 2.14. The number of amidine groups is 1. The lowest BCUT2D eigenvalue weighted by Gasteiger charge is -2.19. The molecule has 0 saturated heterocycles. The Morgan fingerprint density at radius 3 is 2.32 bits per heavy atom. The molecule has 0 aliphatic heterocycles. The highest BCUT2D eigenvalue weighted by molar-refractivity contribution is 5.99. The van der Waals surface area contributed by atoms with E-state index in [1.165, 1.54) is 0 Å². The number of hydrogen-bond acceptors (Lipinski definition) is 3. The Hall–Kier alpha value is -2.04. The van der Waals surface area contributed by atoms with Gasteiger partial charge in [-0.2, -0.15) is 0 Å². The van der Waals surface area contributed by atoms with Crippen molar-refractivity contribution in [3.63, 3.8) is 0 Å². The van der Waals surface area contributed by atoms with Crippen LogP contribution in [0.15, 0.2) is 29.4 Å². The van der Waals surface area contributed by atoms with Gasteiger partial charge in [0.25, 0.3) is 5.91 Å². The smallest absolute Gasteiger partial charge is 0.251 e. The first kappa shape index (κ1) is 15.0. The zero-order valence-corrected chi connectivity index (χ0v) is 11.6. The summed E-state index contributed by atoms with van der Waals surface area (Å²) in [5, 5.41) is 14.4. The van der Waals surface area contributed by atoms with Gasteiger partial charge in [-0.25, -0.2) is 0 Å². The van der Waals surface area contributed by atoms with Crippen LogP contribution in [-0.2, 0) is 0 Å². The van der Waals surface area contributed by atoms with E-state index in [0.29, 0.717) is 17.0 Å². The lowest BCUT2D eigenvalue weighted by molar-refractivity contribution is 0.0928. The Morgan fingerprint density at radius 1 is 1.32 bits per heavy atom. The van der Waals surface area contributed by atoms with Crippen molar-refractivity contribution in [1.82, 2.24) is 5.32 Å². The number of benzene rings is 1. The Kier molecular flexibility index (Phi) is 5.36. The summed E-state index contributed by atoms with van der Waals surface area (Å²) < 4.78 is 0. The number of hydrogen-bond donors (Lipinski definition) is 3. The molecule has 1 aromatic rings. The van der Waals surface area contributed by atoms with Crippen LogP contribution in [0.2, 0.25) is 0 Å². The van der Waals surface area contributed by atoms with Gasteiger partial charge in [-0.05, 0) is 25.0 Å². The second kappa shape index (κ2) is 6.78. The van der Waals surface area contributed by atoms with Crippen molar-refractivity contribution in [3.8, 4) is 0 Å². The standard InChI is InChI=1S/C14H21N3O2/c1-4-9(2)10(3)16-14(18)12-7-5-11(6-8-12)13(15)17-19/h5-10,19H,4H2,1-3H3,(H2,15,17)(H,16,18). The minimum atomic E-state index is -0.112. The molecule has 0 spiro atoms. The van der Waals surface area contributed by atoms with Crippen LogP contribution in [0.25, 0.3) is 0 Å². The molecule has 1 aromatic carbocycles. The van der Waals surface area contributed by atoms with Crippen molar-refractivity contribution in [2.75, 3.05) is 0 Å². The second-order valence-corrected chi connectivity index (χ2v) is 4.71. The van der Waals surface area contributed by atoms with Crippen molar-refractivity contribution in [1.29, 1.82) is 0 Å². The third kappa shape index (κ3) is 3.98. The molecule has 2 unspecified atom stereocenters. The molecule has 0 radical (unpaired) electrons. The molecule has 5 heteroatoms. The summed E-state index contributed by atoms with van der Waals surface area (Å²) in [5.74, 6) is 0.346. The number of nitrogens with two attached hydrogens (primary N) is 1. The lowest BCUT2D eigenvalue weighted by atomic mass is 10.0. The molecular formula is C14H21N3O2. The van der Waals surface area contributed by atoms with E-state index in [0.717, 1.165) is 6.42 Å². The van der Waals surface area contributed by atoms with Gasteiger partial charge in [0.1, 0.15) is 0 Å². The molecule has 1 rings (SSSR count). The Bertz CT molecular complexity index is 454. The van der Waals surface area contributed by atoms with E-state index in [2.05, 4.69) is 24.3 Å². The molecule has 5 nitrogen and oxygen atoms in total. The monoisotopic (exact) mass is 263 g/mol. The van der Waals surface area contributed by atoms with E-state index in [-0.39, 0.29) is 17.8 Å². The summed E-state index contributed by atoms with van der Waals surface area (Å²) in [4.78, 5) is 12.0. The third-order valence-electron chi connectivity index (χ3n) is 3.41. The zero-order chi connectivity index (χ0) is 14.4. The van der Waals surface area contributed by atoms with E-state index in [1.54, 1.807) is 24.3 Å². The van der Waals surface area contributed by atoms with Crippen molar-refractivity contribution >= 4 is 11.7 Å². The van der Waals surface area contributed by atoms with E-state index in [1.807, 2.05) is 6.92 Å². The minimum absolute atomic E-state index is 0.0277. The maximum Gasteiger partial charge on any atom is 0.251 e. The van der Waals surface area contributed by atoms with Crippen molar-refractivity contribution in [2.45, 2.75) is 33.2 Å². The van der Waals surface area contributed by atoms with Gasteiger partial charge in [0, 0.05) is 17.2 Å². The van der Waals surface area contributed by atoms with Crippen LogP contribution in [0.3, 0.4) is 0 Å². The molecule has 19 heavy (non-hydrogen) atoms. The van der Waals surface area contributed by atoms with Gasteiger partial charge >= 0.3 is 0 Å². The molecular weight excluding hydrogens is 242 g/mol. The van der Waals surface area contributed by atoms with Gasteiger partial charge in [-0.15, -0.1) is 0 Å². The lowest BCUT2D eigenvalue weighted by Crippen LogP contribution is -2.36. The molecule has 4 N–H and O–H groups in total.